The number of fused-ring (bicyclic) bond motifs is 3. The van der Waals surface area contributed by atoms with Crippen molar-refractivity contribution in [1.29, 1.82) is 0 Å². The molecule has 13 aromatic rings. The Kier molecular flexibility index (Phi) is 11.2. The van der Waals surface area contributed by atoms with Crippen LogP contribution in [0, 0.1) is 6.92 Å². The summed E-state index contributed by atoms with van der Waals surface area (Å²) in [7, 11) is 0. The van der Waals surface area contributed by atoms with Gasteiger partial charge in [-0.1, -0.05) is 204 Å². The van der Waals surface area contributed by atoms with Crippen molar-refractivity contribution < 1.29 is 9.52 Å². The molecule has 0 atom stereocenters. The first kappa shape index (κ1) is 45.7. The van der Waals surface area contributed by atoms with Crippen LogP contribution < -0.4 is 9.80 Å². The smallest absolute Gasteiger partial charge is 0.159 e. The van der Waals surface area contributed by atoms with E-state index in [0.29, 0.717) is 17.5 Å². The number of furan rings is 1. The maximum atomic E-state index is 12.7. The molecule has 4 heteroatoms. The molecule has 0 saturated carbocycles. The zero-order chi connectivity index (χ0) is 50.9. The normalized spacial score (nSPS) is 11.8. The third-order valence-corrected chi connectivity index (χ3v) is 15.5. The SMILES string of the molecule is Cc1ccccc1-c1cccc(-c2cccc(N(c3ccc(C(C)C)cc3)c3ccc4ccc5c(N(c6ccc(C(C)C)cc6)c6cccc7c6oc6c(-c8ccccc8)cccc67)ccc6ccc3c4c65)c2O)c1. The Morgan fingerprint density at radius 3 is 1.44 bits per heavy atom. The largest absolute Gasteiger partial charge is 0.505 e. The Balaban J connectivity index is 1.02. The van der Waals surface area contributed by atoms with Gasteiger partial charge in [0.15, 0.2) is 5.58 Å². The number of hydrogen-bond donors (Lipinski definition) is 1. The fourth-order valence-corrected chi connectivity index (χ4v) is 11.5. The van der Waals surface area contributed by atoms with E-state index in [1.165, 1.54) is 33.0 Å². The van der Waals surface area contributed by atoms with Gasteiger partial charge in [-0.15, -0.1) is 0 Å². The van der Waals surface area contributed by atoms with Gasteiger partial charge in [0.2, 0.25) is 0 Å². The molecule has 13 rings (SSSR count). The van der Waals surface area contributed by atoms with Crippen molar-refractivity contribution in [2.24, 2.45) is 0 Å². The number of para-hydroxylation sites is 3. The molecule has 12 aromatic carbocycles. The summed E-state index contributed by atoms with van der Waals surface area (Å²) >= 11 is 0. The number of rotatable bonds is 11. The van der Waals surface area contributed by atoms with Crippen LogP contribution in [-0.4, -0.2) is 5.11 Å². The van der Waals surface area contributed by atoms with Crippen LogP contribution in [0.4, 0.5) is 34.1 Å². The summed E-state index contributed by atoms with van der Waals surface area (Å²) < 4.78 is 7.14. The van der Waals surface area contributed by atoms with Crippen LogP contribution in [0.3, 0.4) is 0 Å². The number of aryl methyl sites for hydroxylation is 1. The third kappa shape index (κ3) is 7.75. The number of phenolic OH excluding ortho intramolecular Hbond substituents is 1. The third-order valence-electron chi connectivity index (χ3n) is 15.5. The van der Waals surface area contributed by atoms with E-state index in [2.05, 4.69) is 263 Å². The summed E-state index contributed by atoms with van der Waals surface area (Å²) in [5.41, 5.74) is 17.3. The molecule has 0 fully saturated rings. The first-order valence-electron chi connectivity index (χ1n) is 26.2. The maximum Gasteiger partial charge on any atom is 0.159 e. The molecule has 0 unspecified atom stereocenters. The van der Waals surface area contributed by atoms with E-state index in [4.69, 9.17) is 4.42 Å². The lowest BCUT2D eigenvalue weighted by atomic mass is 9.91. The number of phenols is 1. The van der Waals surface area contributed by atoms with E-state index in [9.17, 15) is 5.11 Å². The Bertz CT molecular complexity index is 4260. The predicted molar refractivity (Wildman–Crippen MR) is 318 cm³/mol. The van der Waals surface area contributed by atoms with Crippen LogP contribution in [0.5, 0.6) is 5.75 Å². The quantitative estimate of drug-likeness (QED) is 0.131. The molecule has 0 bridgehead atoms. The van der Waals surface area contributed by atoms with Gasteiger partial charge in [0.05, 0.1) is 22.7 Å². The first-order chi connectivity index (χ1) is 36.7. The van der Waals surface area contributed by atoms with Crippen molar-refractivity contribution in [3.8, 4) is 39.1 Å². The highest BCUT2D eigenvalue weighted by Gasteiger charge is 2.26. The zero-order valence-electron chi connectivity index (χ0n) is 42.8. The summed E-state index contributed by atoms with van der Waals surface area (Å²) in [6, 6.07) is 82.6. The van der Waals surface area contributed by atoms with E-state index in [1.807, 2.05) is 12.1 Å². The molecule has 1 N–H and O–H groups in total. The summed E-state index contributed by atoms with van der Waals surface area (Å²) in [6.07, 6.45) is 0. The van der Waals surface area contributed by atoms with Crippen molar-refractivity contribution in [2.75, 3.05) is 9.80 Å². The standard InChI is InChI=1S/C71H56N2O2/c1-44(2)47-27-35-54(36-28-47)72(65-25-13-21-57(69(65)74)53-19-11-18-52(43-53)56-20-10-9-15-46(56)5)63-41-33-50-32-40-62-64(42-34-51-31-39-61(63)67(50)68(51)62)73(55-37-29-48(30-38-55)45(3)4)66-26-14-24-60-59-23-12-22-58(70(59)75-71(60)66)49-16-7-6-8-17-49/h6-45,74H,1-5H3. The Morgan fingerprint density at radius 1 is 0.360 bits per heavy atom. The average molecular weight is 969 g/mol. The van der Waals surface area contributed by atoms with E-state index in [0.717, 1.165) is 99.7 Å². The van der Waals surface area contributed by atoms with Gasteiger partial charge in [-0.05, 0) is 134 Å². The Morgan fingerprint density at radius 2 is 0.827 bits per heavy atom. The lowest BCUT2D eigenvalue weighted by molar-refractivity contribution is 0.478. The zero-order valence-corrected chi connectivity index (χ0v) is 42.8. The number of benzene rings is 12. The molecule has 75 heavy (non-hydrogen) atoms. The van der Waals surface area contributed by atoms with Gasteiger partial charge in [0, 0.05) is 44.0 Å². The number of nitrogens with zero attached hydrogens (tertiary/aromatic N) is 2. The van der Waals surface area contributed by atoms with E-state index in [1.54, 1.807) is 0 Å². The molecule has 362 valence electrons. The second-order valence-corrected chi connectivity index (χ2v) is 20.6. The summed E-state index contributed by atoms with van der Waals surface area (Å²) in [5.74, 6) is 0.973. The van der Waals surface area contributed by atoms with Crippen LogP contribution in [0.25, 0.3) is 87.6 Å². The van der Waals surface area contributed by atoms with Crippen molar-refractivity contribution in [2.45, 2.75) is 46.5 Å². The topological polar surface area (TPSA) is 39.9 Å². The molecule has 1 heterocycles. The van der Waals surface area contributed by atoms with Crippen molar-refractivity contribution in [3.05, 3.63) is 247 Å². The lowest BCUT2D eigenvalue weighted by Crippen LogP contribution is -2.12. The number of aromatic hydroxyl groups is 1. The summed E-state index contributed by atoms with van der Waals surface area (Å²) in [5, 5.41) is 21.7. The monoisotopic (exact) mass is 968 g/mol. The van der Waals surface area contributed by atoms with E-state index in [-0.39, 0.29) is 5.75 Å². The molecule has 0 spiro atoms. The average Bonchev–Trinajstić information content (AvgIpc) is 3.86. The van der Waals surface area contributed by atoms with Gasteiger partial charge in [-0.3, -0.25) is 0 Å². The highest BCUT2D eigenvalue weighted by molar-refractivity contribution is 6.28. The Labute approximate surface area is 438 Å². The van der Waals surface area contributed by atoms with Crippen molar-refractivity contribution in [1.82, 2.24) is 0 Å². The molecule has 0 aliphatic heterocycles. The van der Waals surface area contributed by atoms with Crippen LogP contribution in [0.2, 0.25) is 0 Å². The molecule has 0 saturated heterocycles. The van der Waals surface area contributed by atoms with Crippen LogP contribution >= 0.6 is 0 Å². The van der Waals surface area contributed by atoms with Crippen LogP contribution in [-0.2, 0) is 0 Å². The second-order valence-electron chi connectivity index (χ2n) is 20.6. The van der Waals surface area contributed by atoms with Gasteiger partial charge in [0.25, 0.3) is 0 Å². The van der Waals surface area contributed by atoms with Crippen LogP contribution in [0.15, 0.2) is 235 Å². The molecular formula is C71H56N2O2. The highest BCUT2D eigenvalue weighted by atomic mass is 16.3. The number of anilines is 6. The highest BCUT2D eigenvalue weighted by Crippen LogP contribution is 2.52. The van der Waals surface area contributed by atoms with Gasteiger partial charge in [-0.25, -0.2) is 0 Å². The predicted octanol–water partition coefficient (Wildman–Crippen LogP) is 20.7. The van der Waals surface area contributed by atoms with Crippen LogP contribution in [0.1, 0.15) is 56.2 Å². The van der Waals surface area contributed by atoms with E-state index >= 15 is 0 Å². The van der Waals surface area contributed by atoms with Gasteiger partial charge < -0.3 is 19.3 Å². The van der Waals surface area contributed by atoms with E-state index < -0.39 is 0 Å². The summed E-state index contributed by atoms with van der Waals surface area (Å²) in [6.45, 7) is 11.1. The minimum atomic E-state index is 0.218. The Hall–Kier alpha value is -9.12. The van der Waals surface area contributed by atoms with Crippen molar-refractivity contribution in [3.63, 3.8) is 0 Å². The molecule has 1 aromatic heterocycles. The molecule has 0 aliphatic rings. The maximum absolute atomic E-state index is 12.7. The van der Waals surface area contributed by atoms with Gasteiger partial charge in [0.1, 0.15) is 11.3 Å². The summed E-state index contributed by atoms with van der Waals surface area (Å²) in [4.78, 5) is 4.64. The van der Waals surface area contributed by atoms with Gasteiger partial charge >= 0.3 is 0 Å². The fourth-order valence-electron chi connectivity index (χ4n) is 11.5. The molecule has 0 aliphatic carbocycles. The fraction of sp³-hybridized carbons (Fsp3) is 0.0986. The first-order valence-corrected chi connectivity index (χ1v) is 26.2. The van der Waals surface area contributed by atoms with Crippen molar-refractivity contribution >= 4 is 88.4 Å². The van der Waals surface area contributed by atoms with Gasteiger partial charge in [-0.2, -0.15) is 0 Å². The minimum absolute atomic E-state index is 0.218. The molecule has 0 amide bonds. The number of hydrogen-bond acceptors (Lipinski definition) is 4. The molecular weight excluding hydrogens is 913 g/mol. The second kappa shape index (κ2) is 18.4. The minimum Gasteiger partial charge on any atom is -0.505 e. The molecule has 0 radical (unpaired) electrons. The molecule has 4 nitrogen and oxygen atoms in total. The lowest BCUT2D eigenvalue weighted by Gasteiger charge is -2.30.